The predicted octanol–water partition coefficient (Wildman–Crippen LogP) is 2.43. The van der Waals surface area contributed by atoms with Crippen LogP contribution in [0, 0.1) is 0 Å². The van der Waals surface area contributed by atoms with Crippen LogP contribution < -0.4 is 5.32 Å². The number of hydrogen-bond donors (Lipinski definition) is 3. The fraction of sp³-hybridized carbons (Fsp3) is 0.0714. The number of imidazole rings is 1. The molecule has 0 aliphatic rings. The minimum absolute atomic E-state index is 0.150. The second kappa shape index (κ2) is 5.00. The number of anilines is 1. The SMILES string of the molecule is CC(=O)Nc1c[nH]nc1-c1nc(-c2ccccc2)c[nH]1. The van der Waals surface area contributed by atoms with Crippen molar-refractivity contribution in [1.82, 2.24) is 20.2 Å². The molecule has 0 aliphatic carbocycles. The number of hydrogen-bond acceptors (Lipinski definition) is 3. The van der Waals surface area contributed by atoms with Crippen LogP contribution in [-0.2, 0) is 4.79 Å². The zero-order chi connectivity index (χ0) is 13.9. The number of amides is 1. The molecule has 20 heavy (non-hydrogen) atoms. The standard InChI is InChI=1S/C14H13N5O/c1-9(20)17-12-8-16-19-13(12)14-15-7-11(18-14)10-5-3-2-4-6-10/h2-8H,1H3,(H,15,18)(H,16,19)(H,17,20). The van der Waals surface area contributed by atoms with Gasteiger partial charge in [-0.25, -0.2) is 4.98 Å². The van der Waals surface area contributed by atoms with Gasteiger partial charge in [-0.15, -0.1) is 0 Å². The minimum Gasteiger partial charge on any atom is -0.343 e. The lowest BCUT2D eigenvalue weighted by Gasteiger charge is -1.99. The second-order valence-corrected chi connectivity index (χ2v) is 4.33. The van der Waals surface area contributed by atoms with Gasteiger partial charge in [-0.2, -0.15) is 5.10 Å². The molecule has 0 unspecified atom stereocenters. The van der Waals surface area contributed by atoms with Gasteiger partial charge in [0.1, 0.15) is 0 Å². The van der Waals surface area contributed by atoms with Crippen LogP contribution >= 0.6 is 0 Å². The third kappa shape index (κ3) is 2.31. The largest absolute Gasteiger partial charge is 0.343 e. The maximum atomic E-state index is 11.1. The van der Waals surface area contributed by atoms with E-state index in [0.717, 1.165) is 11.3 Å². The van der Waals surface area contributed by atoms with Crippen molar-refractivity contribution in [3.63, 3.8) is 0 Å². The van der Waals surface area contributed by atoms with Crippen LogP contribution in [0.2, 0.25) is 0 Å². The Morgan fingerprint density at radius 3 is 2.75 bits per heavy atom. The van der Waals surface area contributed by atoms with E-state index in [2.05, 4.69) is 25.5 Å². The molecular weight excluding hydrogens is 254 g/mol. The van der Waals surface area contributed by atoms with Gasteiger partial charge in [0.15, 0.2) is 11.5 Å². The number of nitrogens with zero attached hydrogens (tertiary/aromatic N) is 2. The van der Waals surface area contributed by atoms with E-state index in [-0.39, 0.29) is 5.91 Å². The molecular formula is C14H13N5O. The lowest BCUT2D eigenvalue weighted by atomic mass is 10.2. The Morgan fingerprint density at radius 1 is 1.20 bits per heavy atom. The molecule has 0 atom stereocenters. The minimum atomic E-state index is -0.150. The molecule has 3 N–H and O–H groups in total. The highest BCUT2D eigenvalue weighted by Gasteiger charge is 2.13. The summed E-state index contributed by atoms with van der Waals surface area (Å²) in [6.07, 6.45) is 3.44. The molecule has 2 heterocycles. The molecule has 0 saturated carbocycles. The molecule has 6 nitrogen and oxygen atoms in total. The Balaban J connectivity index is 1.95. The van der Waals surface area contributed by atoms with E-state index in [4.69, 9.17) is 0 Å². The predicted molar refractivity (Wildman–Crippen MR) is 75.9 cm³/mol. The van der Waals surface area contributed by atoms with E-state index in [1.165, 1.54) is 6.92 Å². The Hall–Kier alpha value is -2.89. The molecule has 3 aromatic rings. The van der Waals surface area contributed by atoms with E-state index in [1.54, 1.807) is 6.20 Å². The smallest absolute Gasteiger partial charge is 0.221 e. The lowest BCUT2D eigenvalue weighted by molar-refractivity contribution is -0.114. The van der Waals surface area contributed by atoms with Gasteiger partial charge in [-0.3, -0.25) is 9.89 Å². The molecule has 2 aromatic heterocycles. The van der Waals surface area contributed by atoms with Crippen molar-refractivity contribution in [2.24, 2.45) is 0 Å². The number of aromatic amines is 2. The fourth-order valence-corrected chi connectivity index (χ4v) is 1.96. The Morgan fingerprint density at radius 2 is 2.00 bits per heavy atom. The van der Waals surface area contributed by atoms with E-state index in [9.17, 15) is 4.79 Å². The van der Waals surface area contributed by atoms with Gasteiger partial charge in [-0.05, 0) is 0 Å². The summed E-state index contributed by atoms with van der Waals surface area (Å²) >= 11 is 0. The van der Waals surface area contributed by atoms with Crippen molar-refractivity contribution in [1.29, 1.82) is 0 Å². The van der Waals surface area contributed by atoms with E-state index >= 15 is 0 Å². The van der Waals surface area contributed by atoms with Crippen LogP contribution in [0.3, 0.4) is 0 Å². The van der Waals surface area contributed by atoms with Gasteiger partial charge in [0.25, 0.3) is 0 Å². The summed E-state index contributed by atoms with van der Waals surface area (Å²) in [4.78, 5) is 18.7. The number of benzene rings is 1. The quantitative estimate of drug-likeness (QED) is 0.681. The number of nitrogens with one attached hydrogen (secondary N) is 3. The van der Waals surface area contributed by atoms with Gasteiger partial charge in [-0.1, -0.05) is 30.3 Å². The zero-order valence-corrected chi connectivity index (χ0v) is 10.8. The monoisotopic (exact) mass is 267 g/mol. The average molecular weight is 267 g/mol. The van der Waals surface area contributed by atoms with Crippen molar-refractivity contribution in [3.05, 3.63) is 42.7 Å². The first-order valence-electron chi connectivity index (χ1n) is 6.16. The topological polar surface area (TPSA) is 86.5 Å². The summed E-state index contributed by atoms with van der Waals surface area (Å²) in [5.74, 6) is 0.455. The van der Waals surface area contributed by atoms with E-state index in [0.29, 0.717) is 17.2 Å². The Kier molecular flexibility index (Phi) is 3.04. The molecule has 1 aromatic carbocycles. The summed E-state index contributed by atoms with van der Waals surface area (Å²) in [5.41, 5.74) is 3.04. The number of carbonyl (C=O) groups is 1. The lowest BCUT2D eigenvalue weighted by Crippen LogP contribution is -2.06. The first kappa shape index (κ1) is 12.2. The third-order valence-electron chi connectivity index (χ3n) is 2.82. The molecule has 0 saturated heterocycles. The second-order valence-electron chi connectivity index (χ2n) is 4.33. The van der Waals surface area contributed by atoms with Crippen LogP contribution in [0.15, 0.2) is 42.7 Å². The van der Waals surface area contributed by atoms with Crippen molar-refractivity contribution >= 4 is 11.6 Å². The molecule has 1 amide bonds. The van der Waals surface area contributed by atoms with Gasteiger partial charge < -0.3 is 10.3 Å². The zero-order valence-electron chi connectivity index (χ0n) is 10.8. The van der Waals surface area contributed by atoms with Gasteiger partial charge >= 0.3 is 0 Å². The van der Waals surface area contributed by atoms with E-state index in [1.807, 2.05) is 36.5 Å². The highest BCUT2D eigenvalue weighted by Crippen LogP contribution is 2.25. The van der Waals surface area contributed by atoms with Crippen LogP contribution in [0.4, 0.5) is 5.69 Å². The van der Waals surface area contributed by atoms with E-state index < -0.39 is 0 Å². The molecule has 0 aliphatic heterocycles. The summed E-state index contributed by atoms with van der Waals surface area (Å²) < 4.78 is 0. The number of carbonyl (C=O) groups excluding carboxylic acids is 1. The molecule has 0 fully saturated rings. The number of rotatable bonds is 3. The molecule has 0 bridgehead atoms. The summed E-state index contributed by atoms with van der Waals surface area (Å²) in [6, 6.07) is 9.85. The van der Waals surface area contributed by atoms with Crippen molar-refractivity contribution in [2.75, 3.05) is 5.32 Å². The molecule has 0 spiro atoms. The van der Waals surface area contributed by atoms with Crippen LogP contribution in [0.1, 0.15) is 6.92 Å². The highest BCUT2D eigenvalue weighted by atomic mass is 16.1. The van der Waals surface area contributed by atoms with Crippen LogP contribution in [0.25, 0.3) is 22.8 Å². The van der Waals surface area contributed by atoms with Gasteiger partial charge in [0.2, 0.25) is 5.91 Å². The Labute approximate surface area is 115 Å². The Bertz CT molecular complexity index is 729. The number of aromatic nitrogens is 4. The summed E-state index contributed by atoms with van der Waals surface area (Å²) in [7, 11) is 0. The molecule has 3 rings (SSSR count). The normalized spacial score (nSPS) is 10.4. The van der Waals surface area contributed by atoms with Crippen molar-refractivity contribution < 1.29 is 4.79 Å². The maximum absolute atomic E-state index is 11.1. The molecule has 100 valence electrons. The maximum Gasteiger partial charge on any atom is 0.221 e. The fourth-order valence-electron chi connectivity index (χ4n) is 1.96. The van der Waals surface area contributed by atoms with Crippen LogP contribution in [0.5, 0.6) is 0 Å². The number of H-pyrrole nitrogens is 2. The average Bonchev–Trinajstić information content (AvgIpc) is 3.07. The third-order valence-corrected chi connectivity index (χ3v) is 2.82. The van der Waals surface area contributed by atoms with Gasteiger partial charge in [0, 0.05) is 24.9 Å². The van der Waals surface area contributed by atoms with Crippen LogP contribution in [-0.4, -0.2) is 26.1 Å². The first-order valence-corrected chi connectivity index (χ1v) is 6.16. The molecule has 6 heteroatoms. The van der Waals surface area contributed by atoms with Gasteiger partial charge in [0.05, 0.1) is 11.4 Å². The molecule has 0 radical (unpaired) electrons. The van der Waals surface area contributed by atoms with Crippen molar-refractivity contribution in [3.8, 4) is 22.8 Å². The van der Waals surface area contributed by atoms with Crippen molar-refractivity contribution in [2.45, 2.75) is 6.92 Å². The highest BCUT2D eigenvalue weighted by molar-refractivity contribution is 5.92. The summed E-state index contributed by atoms with van der Waals surface area (Å²) in [6.45, 7) is 1.45. The first-order chi connectivity index (χ1) is 9.74. The summed E-state index contributed by atoms with van der Waals surface area (Å²) in [5, 5.41) is 9.55.